The summed E-state index contributed by atoms with van der Waals surface area (Å²) in [5.41, 5.74) is -0.467. The highest BCUT2D eigenvalue weighted by atomic mass is 19.4. The lowest BCUT2D eigenvalue weighted by Crippen LogP contribution is -2.55. The average molecular weight is 1210 g/mol. The van der Waals surface area contributed by atoms with Crippen molar-refractivity contribution in [2.24, 2.45) is 111 Å². The van der Waals surface area contributed by atoms with Gasteiger partial charge in [-0.05, 0) is 318 Å². The van der Waals surface area contributed by atoms with Crippen LogP contribution in [-0.2, 0) is 14.3 Å². The molecule has 12 saturated carbocycles. The van der Waals surface area contributed by atoms with Gasteiger partial charge in [0.05, 0.1) is 6.10 Å². The lowest BCUT2D eigenvalue weighted by molar-refractivity contribution is -0.282. The minimum atomic E-state index is -4.50. The first-order chi connectivity index (χ1) is 38.9. The third-order valence-electron chi connectivity index (χ3n) is 27.5. The highest BCUT2D eigenvalue weighted by molar-refractivity contribution is 5.79. The average Bonchev–Trinajstić information content (AvgIpc) is 2.32. The van der Waals surface area contributed by atoms with Crippen molar-refractivity contribution in [2.75, 3.05) is 26.4 Å². The molecule has 0 spiro atoms. The van der Waals surface area contributed by atoms with Crippen molar-refractivity contribution in [1.82, 2.24) is 0 Å². The molecule has 2 saturated heterocycles. The second kappa shape index (κ2) is 28.2. The Kier molecular flexibility index (Phi) is 23.5. The Morgan fingerprint density at radius 2 is 0.859 bits per heavy atom. The van der Waals surface area contributed by atoms with Crippen molar-refractivity contribution in [2.45, 2.75) is 293 Å². The third-order valence-corrected chi connectivity index (χ3v) is 27.5. The molecule has 0 amide bonds. The number of rotatable bonds is 1. The highest BCUT2D eigenvalue weighted by Gasteiger charge is 2.64. The minimum absolute atomic E-state index is 0. The Morgan fingerprint density at radius 3 is 1.25 bits per heavy atom. The Hall–Kier alpha value is -1.47. The number of halogens is 6. The summed E-state index contributed by atoms with van der Waals surface area (Å²) in [7, 11) is 0. The second-order valence-electron chi connectivity index (χ2n) is 30.9. The molecular weight excluding hydrogens is 1090 g/mol. The number of aliphatic hydroxyl groups is 3. The Balaban J connectivity index is 0.000000166. The van der Waals surface area contributed by atoms with Gasteiger partial charge < -0.3 is 24.8 Å². The van der Waals surface area contributed by atoms with Crippen LogP contribution in [0, 0.1) is 111 Å². The van der Waals surface area contributed by atoms with E-state index in [-0.39, 0.29) is 71.3 Å². The predicted molar refractivity (Wildman–Crippen MR) is 331 cm³/mol. The van der Waals surface area contributed by atoms with E-state index in [2.05, 4.69) is 46.8 Å². The van der Waals surface area contributed by atoms with E-state index in [9.17, 15) is 46.5 Å². The van der Waals surface area contributed by atoms with Gasteiger partial charge in [-0.3, -0.25) is 4.79 Å². The van der Waals surface area contributed by atoms with E-state index in [1.165, 1.54) is 96.3 Å². The van der Waals surface area contributed by atoms with Crippen LogP contribution >= 0.6 is 0 Å². The highest BCUT2D eigenvalue weighted by Crippen LogP contribution is 2.68. The maximum absolute atomic E-state index is 13.3. The molecule has 0 aromatic carbocycles. The maximum Gasteiger partial charge on any atom is 0.417 e. The van der Waals surface area contributed by atoms with Gasteiger partial charge in [0.25, 0.3) is 0 Å². The molecule has 3 N–H and O–H groups in total. The molecule has 1 unspecified atom stereocenters. The van der Waals surface area contributed by atoms with Crippen LogP contribution in [0.2, 0.25) is 0 Å². The first-order valence-corrected chi connectivity index (χ1v) is 34.1. The van der Waals surface area contributed by atoms with Crippen molar-refractivity contribution in [1.29, 1.82) is 0 Å². The second-order valence-corrected chi connectivity index (χ2v) is 30.9. The number of aliphatic hydroxyl groups excluding tert-OH is 1. The molecule has 2 heterocycles. The van der Waals surface area contributed by atoms with Crippen molar-refractivity contribution < 1.29 is 55.9 Å². The summed E-state index contributed by atoms with van der Waals surface area (Å²) < 4.78 is 89.6. The molecule has 2 aliphatic heterocycles. The maximum atomic E-state index is 13.3. The van der Waals surface area contributed by atoms with Crippen molar-refractivity contribution >= 4 is 5.78 Å². The van der Waals surface area contributed by atoms with Crippen LogP contribution < -0.4 is 0 Å². The van der Waals surface area contributed by atoms with Gasteiger partial charge in [0, 0.05) is 39.3 Å². The first-order valence-electron chi connectivity index (χ1n) is 34.1. The number of allylic oxidation sites excluding steroid dienone is 4. The molecule has 0 bridgehead atoms. The van der Waals surface area contributed by atoms with Crippen LogP contribution in [0.5, 0.6) is 0 Å². The van der Waals surface area contributed by atoms with Crippen LogP contribution in [0.3, 0.4) is 0 Å². The van der Waals surface area contributed by atoms with Crippen LogP contribution in [0.1, 0.15) is 263 Å². The number of alkyl halides is 6. The molecule has 0 aromatic heterocycles. The number of fused-ring (bicyclic) bond motifs is 15. The summed E-state index contributed by atoms with van der Waals surface area (Å²) in [4.78, 5) is 11.8. The van der Waals surface area contributed by atoms with Crippen LogP contribution in [0.25, 0.3) is 0 Å². The molecule has 14 fully saturated rings. The Morgan fingerprint density at radius 1 is 0.471 bits per heavy atom. The SMILES string of the molecule is C.C.C.C/C=C1/CC[C@H]2[C@@H]3CC[C@@H]4CC(=O)CC[C@@H]4[C@H]3CC[C@]12C.C/C=C1/CC[C@H]2[C@@H]3CC[C@@H]4C[C@@](O)(C(F)(F)F)CC[C@@H]4[C@H]3CC[C@]12C.C1CCOC1.C1CCOC1.CC(O)[C@H]1CC[C@H]2[C@@H]3CC[C@@H]4C[C@@](O)(C(F)(F)F)CC[C@@H]4[C@H]3CC[C@]12C. The van der Waals surface area contributed by atoms with E-state index in [4.69, 9.17) is 9.47 Å². The van der Waals surface area contributed by atoms with E-state index in [1.54, 1.807) is 11.1 Å². The van der Waals surface area contributed by atoms with E-state index >= 15 is 0 Å². The summed E-state index contributed by atoms with van der Waals surface area (Å²) in [5.74, 6) is 10.0. The number of ketones is 1. The van der Waals surface area contributed by atoms with Gasteiger partial charge in [-0.2, -0.15) is 26.3 Å². The predicted octanol–water partition coefficient (Wildman–Crippen LogP) is 19.5. The Labute approximate surface area is 512 Å². The van der Waals surface area contributed by atoms with Crippen LogP contribution in [-0.4, -0.2) is 77.2 Å². The standard InChI is InChI=1S/C21H33F3O2.C21H31F3O.C20H30O.2C4H8O.3CH4/c1-12(25)17-5-6-18-16-4-3-13-11-20(26,21(22,23)24)10-8-14(13)15(16)7-9-19(17,18)2;1-3-14-5-7-18-17-6-4-13-12-20(25,21(22,23)24)11-9-15(13)16(17)8-10-19(14,18)2;1-3-14-5-9-19-18-7-4-13-12-15(21)6-8-16(13)17(18)10-11-20(14,19)2;2*1-2-4-5-3-1;;;/h12-18,25-26H,3-11H2,1-2H3;3,13,15-18,25H,4-12H2,1-2H3;3,13,16-19H,4-12H2,1-2H3;2*1-4H2;3*1H4/b;2*14-3-;;;;;/t12?,13-,14+,15-,16-,17-,18+,19-,20-;13-,15+,16-,17-,18+,19-,20-;13-,16+,17-,18-,19+,20-;;;;;/m111...../s1. The number of carbonyl (C=O) groups excluding carboxylic acids is 1. The lowest BCUT2D eigenvalue weighted by Gasteiger charge is -2.57. The number of hydrogen-bond acceptors (Lipinski definition) is 6. The van der Waals surface area contributed by atoms with Gasteiger partial charge in [-0.25, -0.2) is 0 Å². The summed E-state index contributed by atoms with van der Waals surface area (Å²) in [5, 5.41) is 30.6. The molecule has 14 aliphatic rings. The van der Waals surface area contributed by atoms with Gasteiger partial charge in [0.2, 0.25) is 0 Å². The van der Waals surface area contributed by atoms with E-state index in [1.807, 2.05) is 6.92 Å². The molecule has 12 heteroatoms. The van der Waals surface area contributed by atoms with E-state index in [0.29, 0.717) is 76.8 Å². The number of Topliss-reactive ketones (excluding diaryl/α,β-unsaturated/α-hetero) is 1. The molecule has 12 aliphatic carbocycles. The van der Waals surface area contributed by atoms with Gasteiger partial charge in [-0.15, -0.1) is 0 Å². The molecule has 14 rings (SSSR count). The first kappa shape index (κ1) is 71.0. The molecule has 22 atom stereocenters. The third kappa shape index (κ3) is 13.7. The fraction of sp³-hybridized carbons (Fsp3) is 0.932. The van der Waals surface area contributed by atoms with Gasteiger partial charge >= 0.3 is 12.4 Å². The van der Waals surface area contributed by atoms with Crippen molar-refractivity contribution in [3.05, 3.63) is 23.3 Å². The smallest absolute Gasteiger partial charge is 0.393 e. The molecule has 0 aromatic rings. The number of ether oxygens (including phenoxy) is 2. The lowest BCUT2D eigenvalue weighted by atomic mass is 9.48. The van der Waals surface area contributed by atoms with Gasteiger partial charge in [0.15, 0.2) is 11.2 Å². The minimum Gasteiger partial charge on any atom is -0.393 e. The fourth-order valence-electron chi connectivity index (χ4n) is 23.4. The summed E-state index contributed by atoms with van der Waals surface area (Å²) >= 11 is 0. The summed E-state index contributed by atoms with van der Waals surface area (Å²) in [6, 6.07) is 0. The van der Waals surface area contributed by atoms with Crippen molar-refractivity contribution in [3.8, 4) is 0 Å². The van der Waals surface area contributed by atoms with Gasteiger partial charge in [-0.1, -0.05) is 66.3 Å². The number of carbonyl (C=O) groups is 1. The Bertz CT molecular complexity index is 2200. The van der Waals surface area contributed by atoms with E-state index in [0.717, 1.165) is 126 Å². The normalized spacial score (nSPS) is 46.9. The van der Waals surface area contributed by atoms with Crippen LogP contribution in [0.15, 0.2) is 23.3 Å². The molecule has 6 nitrogen and oxygen atoms in total. The zero-order valence-electron chi connectivity index (χ0n) is 51.6. The number of hydrogen-bond donors (Lipinski definition) is 3. The van der Waals surface area contributed by atoms with E-state index < -0.39 is 23.6 Å². The largest absolute Gasteiger partial charge is 0.417 e. The summed E-state index contributed by atoms with van der Waals surface area (Å²) in [6.45, 7) is 17.7. The monoisotopic (exact) mass is 1210 g/mol. The quantitative estimate of drug-likeness (QED) is 0.179. The zero-order valence-corrected chi connectivity index (χ0v) is 51.6. The fourth-order valence-corrected chi connectivity index (χ4v) is 23.4. The molecular formula is C73H122F6O6. The van der Waals surface area contributed by atoms with Gasteiger partial charge in [0.1, 0.15) is 5.78 Å². The molecule has 0 radical (unpaired) electrons. The molecule has 85 heavy (non-hydrogen) atoms. The summed E-state index contributed by atoms with van der Waals surface area (Å²) in [6.07, 6.45) is 25.8. The van der Waals surface area contributed by atoms with Crippen molar-refractivity contribution in [3.63, 3.8) is 0 Å². The molecule has 492 valence electrons. The zero-order chi connectivity index (χ0) is 58.6. The van der Waals surface area contributed by atoms with Crippen LogP contribution in [0.4, 0.5) is 26.3 Å². The topological polar surface area (TPSA) is 96.2 Å².